The number of piperazine rings is 1. The molecule has 4 aromatic carbocycles. The molecule has 0 unspecified atom stereocenters. The van der Waals surface area contributed by atoms with E-state index in [1.54, 1.807) is 30.3 Å². The summed E-state index contributed by atoms with van der Waals surface area (Å²) in [6, 6.07) is 28.2. The Bertz CT molecular complexity index is 1440. The zero-order valence-corrected chi connectivity index (χ0v) is 21.6. The summed E-state index contributed by atoms with van der Waals surface area (Å²) in [5, 5.41) is 8.59. The van der Waals surface area contributed by atoms with Crippen molar-refractivity contribution < 1.29 is 9.59 Å². The number of anilines is 2. The summed E-state index contributed by atoms with van der Waals surface area (Å²) in [5.41, 5.74) is 3.07. The van der Waals surface area contributed by atoms with Crippen LogP contribution in [0.4, 0.5) is 11.4 Å². The highest BCUT2D eigenvalue weighted by atomic mass is 35.5. The second-order valence-electron chi connectivity index (χ2n) is 8.77. The highest BCUT2D eigenvalue weighted by molar-refractivity contribution is 7.80. The van der Waals surface area contributed by atoms with Gasteiger partial charge in [-0.25, -0.2) is 0 Å². The number of fused-ring (bicyclic) bond motifs is 1. The van der Waals surface area contributed by atoms with Crippen LogP contribution in [0.1, 0.15) is 20.7 Å². The lowest BCUT2D eigenvalue weighted by Crippen LogP contribution is -2.48. The third-order valence-electron chi connectivity index (χ3n) is 6.41. The number of carbonyl (C=O) groups is 2. The van der Waals surface area contributed by atoms with Crippen molar-refractivity contribution in [3.05, 3.63) is 107 Å². The van der Waals surface area contributed by atoms with E-state index in [9.17, 15) is 9.59 Å². The van der Waals surface area contributed by atoms with Crippen LogP contribution < -0.4 is 15.5 Å². The van der Waals surface area contributed by atoms with Crippen molar-refractivity contribution in [3.63, 3.8) is 0 Å². The van der Waals surface area contributed by atoms with Crippen molar-refractivity contribution in [1.82, 2.24) is 10.2 Å². The quantitative estimate of drug-likeness (QED) is 0.338. The molecule has 0 atom stereocenters. The van der Waals surface area contributed by atoms with E-state index in [2.05, 4.69) is 15.5 Å². The summed E-state index contributed by atoms with van der Waals surface area (Å²) in [6.45, 7) is 2.77. The van der Waals surface area contributed by atoms with Gasteiger partial charge < -0.3 is 15.1 Å². The van der Waals surface area contributed by atoms with Crippen LogP contribution in [-0.4, -0.2) is 48.0 Å². The number of halogens is 1. The third kappa shape index (κ3) is 5.74. The van der Waals surface area contributed by atoms with Crippen LogP contribution in [0.25, 0.3) is 10.8 Å². The number of nitrogens with one attached hydrogen (secondary N) is 2. The maximum Gasteiger partial charge on any atom is 0.258 e. The molecule has 1 fully saturated rings. The minimum Gasteiger partial charge on any atom is -0.368 e. The van der Waals surface area contributed by atoms with Crippen molar-refractivity contribution in [1.29, 1.82) is 0 Å². The van der Waals surface area contributed by atoms with E-state index in [1.165, 1.54) is 0 Å². The lowest BCUT2D eigenvalue weighted by Gasteiger charge is -2.36. The summed E-state index contributed by atoms with van der Waals surface area (Å²) in [5.74, 6) is -0.230. The number of amides is 2. The molecule has 1 heterocycles. The first-order valence-corrected chi connectivity index (χ1v) is 12.8. The average Bonchev–Trinajstić information content (AvgIpc) is 2.93. The first kappa shape index (κ1) is 24.7. The number of rotatable bonds is 4. The summed E-state index contributed by atoms with van der Waals surface area (Å²) >= 11 is 11.3. The average molecular weight is 529 g/mol. The Kier molecular flexibility index (Phi) is 7.35. The summed E-state index contributed by atoms with van der Waals surface area (Å²) < 4.78 is 0. The van der Waals surface area contributed by atoms with E-state index in [0.29, 0.717) is 29.2 Å². The molecule has 4 aromatic rings. The van der Waals surface area contributed by atoms with Gasteiger partial charge in [-0.2, -0.15) is 0 Å². The smallest absolute Gasteiger partial charge is 0.258 e. The highest BCUT2D eigenvalue weighted by Gasteiger charge is 2.22. The molecule has 0 aliphatic carbocycles. The number of carbonyl (C=O) groups excluding carboxylic acids is 2. The van der Waals surface area contributed by atoms with Gasteiger partial charge in [0, 0.05) is 53.7 Å². The van der Waals surface area contributed by atoms with Crippen LogP contribution in [-0.2, 0) is 0 Å². The summed E-state index contributed by atoms with van der Waals surface area (Å²) in [4.78, 5) is 29.7. The molecule has 0 spiro atoms. The third-order valence-corrected chi connectivity index (χ3v) is 6.87. The number of hydrogen-bond acceptors (Lipinski definition) is 4. The molecule has 1 saturated heterocycles. The van der Waals surface area contributed by atoms with Gasteiger partial charge in [0.05, 0.1) is 0 Å². The molecule has 6 nitrogen and oxygen atoms in total. The second kappa shape index (κ2) is 11.0. The van der Waals surface area contributed by atoms with E-state index in [1.807, 2.05) is 65.6 Å². The molecule has 0 aromatic heterocycles. The summed E-state index contributed by atoms with van der Waals surface area (Å²) in [7, 11) is 0. The van der Waals surface area contributed by atoms with Gasteiger partial charge >= 0.3 is 0 Å². The van der Waals surface area contributed by atoms with Crippen LogP contribution in [0.5, 0.6) is 0 Å². The minimum atomic E-state index is -0.253. The zero-order chi connectivity index (χ0) is 25.8. The molecule has 8 heteroatoms. The Morgan fingerprint density at radius 3 is 2.19 bits per heavy atom. The van der Waals surface area contributed by atoms with E-state index in [4.69, 9.17) is 23.8 Å². The van der Waals surface area contributed by atoms with Crippen molar-refractivity contribution in [2.75, 3.05) is 36.4 Å². The maximum atomic E-state index is 12.8. The molecule has 2 N–H and O–H groups in total. The summed E-state index contributed by atoms with van der Waals surface area (Å²) in [6.07, 6.45) is 0. The maximum absolute atomic E-state index is 12.8. The number of nitrogens with zero attached hydrogens (tertiary/aromatic N) is 2. The molecular weight excluding hydrogens is 504 g/mol. The molecular formula is C29H25ClN4O2S. The highest BCUT2D eigenvalue weighted by Crippen LogP contribution is 2.21. The van der Waals surface area contributed by atoms with Gasteiger partial charge in [0.1, 0.15) is 0 Å². The monoisotopic (exact) mass is 528 g/mol. The largest absolute Gasteiger partial charge is 0.368 e. The van der Waals surface area contributed by atoms with Gasteiger partial charge in [-0.05, 0) is 77.6 Å². The van der Waals surface area contributed by atoms with E-state index in [-0.39, 0.29) is 16.9 Å². The van der Waals surface area contributed by atoms with Gasteiger partial charge in [0.2, 0.25) is 0 Å². The Hall–Kier alpha value is -3.94. The Labute approximate surface area is 225 Å². The van der Waals surface area contributed by atoms with Crippen molar-refractivity contribution in [2.45, 2.75) is 0 Å². The van der Waals surface area contributed by atoms with Gasteiger partial charge in [-0.15, -0.1) is 0 Å². The predicted octanol–water partition coefficient (Wildman–Crippen LogP) is 5.58. The predicted molar refractivity (Wildman–Crippen MR) is 154 cm³/mol. The van der Waals surface area contributed by atoms with Crippen LogP contribution in [0.2, 0.25) is 5.02 Å². The first-order chi connectivity index (χ1) is 18.0. The van der Waals surface area contributed by atoms with E-state index < -0.39 is 0 Å². The van der Waals surface area contributed by atoms with Crippen molar-refractivity contribution in [2.24, 2.45) is 0 Å². The lowest BCUT2D eigenvalue weighted by atomic mass is 10.0. The van der Waals surface area contributed by atoms with E-state index in [0.717, 1.165) is 35.2 Å². The molecule has 0 saturated carbocycles. The van der Waals surface area contributed by atoms with Crippen LogP contribution in [0, 0.1) is 0 Å². The molecule has 0 radical (unpaired) electrons. The lowest BCUT2D eigenvalue weighted by molar-refractivity contribution is 0.0746. The van der Waals surface area contributed by atoms with Crippen LogP contribution in [0.3, 0.4) is 0 Å². The number of thiocarbonyl (C=S) groups is 1. The first-order valence-electron chi connectivity index (χ1n) is 12.0. The number of hydrogen-bond donors (Lipinski definition) is 2. The SMILES string of the molecule is O=C(NC(=S)Nc1ccc(N2CCN(C(=O)c3ccc(Cl)cc3)CC2)cc1)c1cccc2ccccc12. The molecule has 37 heavy (non-hydrogen) atoms. The Morgan fingerprint density at radius 1 is 0.784 bits per heavy atom. The van der Waals surface area contributed by atoms with Crippen molar-refractivity contribution in [3.8, 4) is 0 Å². The molecule has 0 bridgehead atoms. The van der Waals surface area contributed by atoms with Crippen LogP contribution in [0.15, 0.2) is 91.0 Å². The van der Waals surface area contributed by atoms with Gasteiger partial charge in [-0.3, -0.25) is 14.9 Å². The Morgan fingerprint density at radius 2 is 1.46 bits per heavy atom. The van der Waals surface area contributed by atoms with Gasteiger partial charge in [0.25, 0.3) is 11.8 Å². The molecule has 1 aliphatic heterocycles. The topological polar surface area (TPSA) is 64.7 Å². The van der Waals surface area contributed by atoms with Crippen molar-refractivity contribution >= 4 is 62.9 Å². The van der Waals surface area contributed by atoms with E-state index >= 15 is 0 Å². The molecule has 1 aliphatic rings. The second-order valence-corrected chi connectivity index (χ2v) is 9.61. The number of benzene rings is 4. The molecule has 2 amide bonds. The normalized spacial score (nSPS) is 13.3. The van der Waals surface area contributed by atoms with Gasteiger partial charge in [0.15, 0.2) is 5.11 Å². The van der Waals surface area contributed by atoms with Crippen LogP contribution >= 0.6 is 23.8 Å². The van der Waals surface area contributed by atoms with Gasteiger partial charge in [-0.1, -0.05) is 48.0 Å². The molecule has 186 valence electrons. The standard InChI is InChI=1S/C29H25ClN4O2S/c30-22-10-8-21(9-11-22)28(36)34-18-16-33(17-19-34)24-14-12-23(13-15-24)31-29(37)32-27(35)26-7-3-5-20-4-1-2-6-25(20)26/h1-15H,16-19H2,(H2,31,32,35,37). The molecule has 5 rings (SSSR count). The fourth-order valence-electron chi connectivity index (χ4n) is 4.45. The minimum absolute atomic E-state index is 0.0231. The fourth-order valence-corrected chi connectivity index (χ4v) is 4.79. The zero-order valence-electron chi connectivity index (χ0n) is 20.0. The fraction of sp³-hybridized carbons (Fsp3) is 0.138. The Balaban J connectivity index is 1.15.